The van der Waals surface area contributed by atoms with Gasteiger partial charge in [-0.1, -0.05) is 44.0 Å². The predicted molar refractivity (Wildman–Crippen MR) is 151 cm³/mol. The molecule has 2 aromatic carbocycles. The minimum Gasteiger partial charge on any atom is -0.480 e. The van der Waals surface area contributed by atoms with Gasteiger partial charge in [-0.2, -0.15) is 5.10 Å². The highest BCUT2D eigenvalue weighted by Gasteiger charge is 2.43. The monoisotopic (exact) mass is 590 g/mol. The summed E-state index contributed by atoms with van der Waals surface area (Å²) < 4.78 is 30.7. The number of carboxylic acids is 1. The van der Waals surface area contributed by atoms with Gasteiger partial charge in [-0.3, -0.25) is 8.87 Å². The van der Waals surface area contributed by atoms with E-state index < -0.39 is 27.4 Å². The zero-order valence-corrected chi connectivity index (χ0v) is 23.9. The van der Waals surface area contributed by atoms with Crippen molar-refractivity contribution in [3.8, 4) is 5.82 Å². The molecule has 0 saturated heterocycles. The standard InChI is InChI=1S/C27H28Cl2N4O5S/c1-27(2,3)25(26(35)36)33(39(37,38)22-15-18(28)14-19(29)16-22)21-7-8-23-17(13-21)10-11-32(23)24-9-6-20(30-31-24)5-4-12-34/h6-11,13-16,25,34H,4-5,12H2,1-3H3,(H,35,36). The lowest BCUT2D eigenvalue weighted by molar-refractivity contribution is -0.140. The summed E-state index contributed by atoms with van der Waals surface area (Å²) in [5.41, 5.74) is 0.677. The van der Waals surface area contributed by atoms with E-state index in [1.807, 2.05) is 12.1 Å². The number of aromatic nitrogens is 3. The number of aliphatic hydroxyl groups excluding tert-OH is 1. The SMILES string of the molecule is CC(C)(C)C(C(=O)O)N(c1ccc2c(ccn2-c2ccc(CCCO)nn2)c1)S(=O)(=O)c1cc(Cl)cc(Cl)c1. The first-order valence-corrected chi connectivity index (χ1v) is 14.3. The summed E-state index contributed by atoms with van der Waals surface area (Å²) >= 11 is 12.2. The fourth-order valence-corrected chi connectivity index (χ4v) is 6.89. The molecule has 0 bridgehead atoms. The van der Waals surface area contributed by atoms with E-state index in [-0.39, 0.29) is 27.2 Å². The maximum absolute atomic E-state index is 14.0. The number of benzene rings is 2. The van der Waals surface area contributed by atoms with Crippen LogP contribution >= 0.6 is 23.2 Å². The van der Waals surface area contributed by atoms with E-state index in [1.54, 1.807) is 55.8 Å². The highest BCUT2D eigenvalue weighted by molar-refractivity contribution is 7.93. The number of nitrogens with zero attached hydrogens (tertiary/aromatic N) is 4. The quantitative estimate of drug-likeness (QED) is 0.269. The third-order valence-electron chi connectivity index (χ3n) is 6.15. The van der Waals surface area contributed by atoms with E-state index in [0.717, 1.165) is 15.5 Å². The summed E-state index contributed by atoms with van der Waals surface area (Å²) in [4.78, 5) is 12.3. The maximum Gasteiger partial charge on any atom is 0.328 e. The Morgan fingerprint density at radius 1 is 1.03 bits per heavy atom. The molecule has 2 N–H and O–H groups in total. The molecule has 4 rings (SSSR count). The number of carboxylic acid groups (broad SMARTS) is 1. The molecule has 0 radical (unpaired) electrons. The van der Waals surface area contributed by atoms with Gasteiger partial charge in [-0.05, 0) is 72.9 Å². The molecule has 0 saturated carbocycles. The minimum atomic E-state index is -4.42. The van der Waals surface area contributed by atoms with Crippen LogP contribution in [0.3, 0.4) is 0 Å². The van der Waals surface area contributed by atoms with E-state index in [2.05, 4.69) is 10.2 Å². The lowest BCUT2D eigenvalue weighted by atomic mass is 9.86. The molecule has 206 valence electrons. The van der Waals surface area contributed by atoms with Gasteiger partial charge in [0, 0.05) is 28.2 Å². The Morgan fingerprint density at radius 2 is 1.72 bits per heavy atom. The van der Waals surface area contributed by atoms with Crippen LogP contribution in [-0.2, 0) is 21.2 Å². The van der Waals surface area contributed by atoms with Gasteiger partial charge >= 0.3 is 5.97 Å². The van der Waals surface area contributed by atoms with Crippen LogP contribution in [0.5, 0.6) is 0 Å². The van der Waals surface area contributed by atoms with Crippen molar-refractivity contribution >= 4 is 55.8 Å². The van der Waals surface area contributed by atoms with Crippen molar-refractivity contribution < 1.29 is 23.4 Å². The van der Waals surface area contributed by atoms with Gasteiger partial charge in [0.1, 0.15) is 6.04 Å². The highest BCUT2D eigenvalue weighted by Crippen LogP contribution is 2.37. The minimum absolute atomic E-state index is 0.0725. The summed E-state index contributed by atoms with van der Waals surface area (Å²) in [6.07, 6.45) is 2.98. The van der Waals surface area contributed by atoms with Crippen molar-refractivity contribution in [1.82, 2.24) is 14.8 Å². The first-order valence-electron chi connectivity index (χ1n) is 12.1. The zero-order valence-electron chi connectivity index (χ0n) is 21.5. The summed E-state index contributed by atoms with van der Waals surface area (Å²) in [7, 11) is -4.42. The molecule has 9 nitrogen and oxygen atoms in total. The molecule has 1 unspecified atom stereocenters. The third-order valence-corrected chi connectivity index (χ3v) is 8.36. The lowest BCUT2D eigenvalue weighted by Crippen LogP contribution is -2.52. The average Bonchev–Trinajstić information content (AvgIpc) is 3.27. The molecule has 12 heteroatoms. The molecule has 4 aromatic rings. The van der Waals surface area contributed by atoms with E-state index in [9.17, 15) is 18.3 Å². The Morgan fingerprint density at radius 3 is 2.28 bits per heavy atom. The summed E-state index contributed by atoms with van der Waals surface area (Å²) in [6.45, 7) is 5.06. The van der Waals surface area contributed by atoms with Crippen LogP contribution in [0.2, 0.25) is 10.0 Å². The number of halogens is 2. The Balaban J connectivity index is 1.84. The fraction of sp³-hybridized carbons (Fsp3) is 0.296. The Labute approximate surface area is 236 Å². The van der Waals surface area contributed by atoms with E-state index in [4.69, 9.17) is 28.3 Å². The number of hydrogen-bond acceptors (Lipinski definition) is 6. The lowest BCUT2D eigenvalue weighted by Gasteiger charge is -2.37. The molecular formula is C27H28Cl2N4O5S. The molecule has 0 fully saturated rings. The Bertz CT molecular complexity index is 1600. The molecule has 2 heterocycles. The number of carbonyl (C=O) groups is 1. The van der Waals surface area contributed by atoms with Crippen LogP contribution in [0.25, 0.3) is 16.7 Å². The molecule has 0 aliphatic heterocycles. The van der Waals surface area contributed by atoms with Crippen molar-refractivity contribution in [3.05, 3.63) is 76.5 Å². The molecule has 2 aromatic heterocycles. The van der Waals surface area contributed by atoms with Crippen LogP contribution < -0.4 is 4.31 Å². The Kier molecular flexibility index (Phi) is 8.22. The highest BCUT2D eigenvalue weighted by atomic mass is 35.5. The van der Waals surface area contributed by atoms with Crippen LogP contribution in [0, 0.1) is 5.41 Å². The summed E-state index contributed by atoms with van der Waals surface area (Å²) in [6, 6.07) is 12.8. The van der Waals surface area contributed by atoms with Crippen LogP contribution in [-0.4, -0.2) is 52.0 Å². The second-order valence-corrected chi connectivity index (χ2v) is 12.8. The fourth-order valence-electron chi connectivity index (χ4n) is 4.38. The number of aliphatic carboxylic acids is 1. The smallest absolute Gasteiger partial charge is 0.328 e. The largest absolute Gasteiger partial charge is 0.480 e. The number of aryl methyl sites for hydroxylation is 1. The Hall–Kier alpha value is -3.18. The second-order valence-electron chi connectivity index (χ2n) is 10.2. The first kappa shape index (κ1) is 28.8. The van der Waals surface area contributed by atoms with Crippen molar-refractivity contribution in [2.45, 2.75) is 44.6 Å². The van der Waals surface area contributed by atoms with Crippen LogP contribution in [0.4, 0.5) is 5.69 Å². The van der Waals surface area contributed by atoms with E-state index in [0.29, 0.717) is 24.0 Å². The van der Waals surface area contributed by atoms with Gasteiger partial charge in [-0.25, -0.2) is 13.2 Å². The second kappa shape index (κ2) is 11.1. The van der Waals surface area contributed by atoms with Crippen LogP contribution in [0.1, 0.15) is 32.9 Å². The number of rotatable bonds is 9. The number of aliphatic hydroxyl groups is 1. The maximum atomic E-state index is 14.0. The molecule has 0 spiro atoms. The average molecular weight is 592 g/mol. The van der Waals surface area contributed by atoms with Crippen LogP contribution in [0.15, 0.2) is 65.7 Å². The molecule has 0 amide bonds. The number of fused-ring (bicyclic) bond motifs is 1. The van der Waals surface area contributed by atoms with E-state index >= 15 is 0 Å². The third kappa shape index (κ3) is 6.04. The summed E-state index contributed by atoms with van der Waals surface area (Å²) in [5, 5.41) is 28.6. The van der Waals surface area contributed by atoms with Gasteiger partial charge in [0.2, 0.25) is 0 Å². The van der Waals surface area contributed by atoms with Crippen molar-refractivity contribution in [2.24, 2.45) is 5.41 Å². The number of sulfonamides is 1. The zero-order chi connectivity index (χ0) is 28.5. The molecular weight excluding hydrogens is 563 g/mol. The molecule has 0 aliphatic rings. The van der Waals surface area contributed by atoms with Gasteiger partial charge < -0.3 is 10.2 Å². The van der Waals surface area contributed by atoms with Gasteiger partial charge in [0.15, 0.2) is 5.82 Å². The van der Waals surface area contributed by atoms with E-state index in [1.165, 1.54) is 18.2 Å². The molecule has 39 heavy (non-hydrogen) atoms. The van der Waals surface area contributed by atoms with Gasteiger partial charge in [0.05, 0.1) is 21.8 Å². The molecule has 0 aliphatic carbocycles. The number of hydrogen-bond donors (Lipinski definition) is 2. The van der Waals surface area contributed by atoms with Crippen molar-refractivity contribution in [1.29, 1.82) is 0 Å². The molecule has 1 atom stereocenters. The predicted octanol–water partition coefficient (Wildman–Crippen LogP) is 5.35. The van der Waals surface area contributed by atoms with Crippen molar-refractivity contribution in [3.63, 3.8) is 0 Å². The first-order chi connectivity index (χ1) is 18.3. The van der Waals surface area contributed by atoms with Crippen molar-refractivity contribution in [2.75, 3.05) is 10.9 Å². The van der Waals surface area contributed by atoms with Gasteiger partial charge in [0.25, 0.3) is 10.0 Å². The number of anilines is 1. The summed E-state index contributed by atoms with van der Waals surface area (Å²) in [5.74, 6) is -0.741. The van der Waals surface area contributed by atoms with Gasteiger partial charge in [-0.15, -0.1) is 5.10 Å². The topological polar surface area (TPSA) is 126 Å². The normalized spacial score (nSPS) is 13.0.